The van der Waals surface area contributed by atoms with Crippen molar-refractivity contribution < 1.29 is 4.79 Å². The van der Waals surface area contributed by atoms with Gasteiger partial charge in [0, 0.05) is 17.0 Å². The molecule has 0 atom stereocenters. The second-order valence-corrected chi connectivity index (χ2v) is 9.19. The Morgan fingerprint density at radius 1 is 1.21 bits per heavy atom. The highest BCUT2D eigenvalue weighted by molar-refractivity contribution is 8.01. The smallest absolute Gasteiger partial charge is 0.255 e. The van der Waals surface area contributed by atoms with E-state index in [4.69, 9.17) is 5.26 Å². The van der Waals surface area contributed by atoms with Crippen LogP contribution in [0.25, 0.3) is 10.2 Å². The van der Waals surface area contributed by atoms with E-state index in [-0.39, 0.29) is 5.91 Å². The first-order valence-electron chi connectivity index (χ1n) is 8.57. The van der Waals surface area contributed by atoms with Crippen LogP contribution in [0.3, 0.4) is 0 Å². The fraction of sp³-hybridized carbons (Fsp3) is 0.0952. The number of aromatic nitrogens is 1. The monoisotopic (exact) mass is 421 g/mol. The summed E-state index contributed by atoms with van der Waals surface area (Å²) in [5.74, 6) is 0.765. The van der Waals surface area contributed by atoms with Gasteiger partial charge >= 0.3 is 0 Å². The molecule has 0 fully saturated rings. The Morgan fingerprint density at radius 3 is 2.96 bits per heavy atom. The predicted octanol–water partition coefficient (Wildman–Crippen LogP) is 5.82. The Bertz CT molecular complexity index is 1160. The third-order valence-corrected chi connectivity index (χ3v) is 6.97. The first-order chi connectivity index (χ1) is 13.7. The van der Waals surface area contributed by atoms with E-state index in [9.17, 15) is 4.79 Å². The number of thiazole rings is 1. The summed E-state index contributed by atoms with van der Waals surface area (Å²) in [4.78, 5) is 17.1. The molecule has 0 aliphatic heterocycles. The number of benzene rings is 2. The van der Waals surface area contributed by atoms with Gasteiger partial charge < -0.3 is 5.32 Å². The summed E-state index contributed by atoms with van der Waals surface area (Å²) in [6.07, 6.45) is 1.03. The lowest BCUT2D eigenvalue weighted by atomic mass is 10.1. The highest BCUT2D eigenvalue weighted by Gasteiger charge is 2.10. The van der Waals surface area contributed by atoms with E-state index in [1.807, 2.05) is 18.2 Å². The molecule has 4 rings (SSSR count). The molecule has 0 saturated heterocycles. The molecule has 4 nitrogen and oxygen atoms in total. The Hall–Kier alpha value is -2.66. The van der Waals surface area contributed by atoms with Gasteiger partial charge in [-0.2, -0.15) is 16.6 Å². The number of fused-ring (bicyclic) bond motifs is 1. The number of hydrogen-bond donors (Lipinski definition) is 1. The van der Waals surface area contributed by atoms with Crippen LogP contribution in [0.15, 0.2) is 63.6 Å². The Balaban J connectivity index is 1.43. The number of thiophene rings is 1. The van der Waals surface area contributed by atoms with Crippen molar-refractivity contribution in [1.29, 1.82) is 5.26 Å². The van der Waals surface area contributed by atoms with E-state index in [0.29, 0.717) is 11.1 Å². The van der Waals surface area contributed by atoms with E-state index in [0.717, 1.165) is 32.4 Å². The standard InChI is InChI=1S/C21H15N3OS3/c22-12-15-2-1-3-16(10-15)20(25)23-17-4-5-18-19(11-17)28-21(24-18)27-9-7-14-6-8-26-13-14/h1-6,8,10-11,13H,7,9H2,(H,23,25). The fourth-order valence-corrected chi connectivity index (χ4v) is 5.54. The van der Waals surface area contributed by atoms with Crippen LogP contribution in [0.2, 0.25) is 0 Å². The van der Waals surface area contributed by atoms with Crippen LogP contribution in [0, 0.1) is 11.3 Å². The van der Waals surface area contributed by atoms with Crippen LogP contribution >= 0.6 is 34.4 Å². The number of amides is 1. The molecule has 0 saturated carbocycles. The number of carbonyl (C=O) groups is 1. The molecule has 1 N–H and O–H groups in total. The summed E-state index contributed by atoms with van der Waals surface area (Å²) in [6, 6.07) is 16.6. The van der Waals surface area contributed by atoms with Gasteiger partial charge in [-0.05, 0) is 65.2 Å². The Labute approximate surface area is 174 Å². The van der Waals surface area contributed by atoms with Crippen LogP contribution < -0.4 is 5.32 Å². The lowest BCUT2D eigenvalue weighted by Gasteiger charge is -2.05. The quantitative estimate of drug-likeness (QED) is 0.399. The largest absolute Gasteiger partial charge is 0.322 e. The van der Waals surface area contributed by atoms with Crippen LogP contribution in [0.1, 0.15) is 21.5 Å². The highest BCUT2D eigenvalue weighted by atomic mass is 32.2. The van der Waals surface area contributed by atoms with Crippen molar-refractivity contribution in [3.63, 3.8) is 0 Å². The SMILES string of the molecule is N#Cc1cccc(C(=O)Nc2ccc3nc(SCCc4ccsc4)sc3c2)c1. The molecule has 2 aromatic heterocycles. The Morgan fingerprint density at radius 2 is 2.14 bits per heavy atom. The van der Waals surface area contributed by atoms with Gasteiger partial charge in [-0.1, -0.05) is 17.8 Å². The number of nitrogens with zero attached hydrogens (tertiary/aromatic N) is 2. The van der Waals surface area contributed by atoms with Gasteiger partial charge in [0.1, 0.15) is 0 Å². The third-order valence-electron chi connectivity index (χ3n) is 4.08. The number of rotatable bonds is 6. The first kappa shape index (κ1) is 18.7. The van der Waals surface area contributed by atoms with Gasteiger partial charge in [0.25, 0.3) is 5.91 Å². The summed E-state index contributed by atoms with van der Waals surface area (Å²) < 4.78 is 2.08. The maximum atomic E-state index is 12.4. The van der Waals surface area contributed by atoms with Crippen molar-refractivity contribution in [3.05, 3.63) is 76.0 Å². The molecule has 138 valence electrons. The molecule has 0 unspecified atom stereocenters. The topological polar surface area (TPSA) is 65.8 Å². The van der Waals surface area contributed by atoms with Gasteiger partial charge in [-0.3, -0.25) is 4.79 Å². The average molecular weight is 422 g/mol. The van der Waals surface area contributed by atoms with E-state index in [1.54, 1.807) is 58.7 Å². The van der Waals surface area contributed by atoms with Crippen LogP contribution in [0.5, 0.6) is 0 Å². The molecule has 0 bridgehead atoms. The molecular formula is C21H15N3OS3. The second kappa shape index (κ2) is 8.57. The van der Waals surface area contributed by atoms with Gasteiger partial charge in [0.05, 0.1) is 21.8 Å². The molecule has 1 amide bonds. The van der Waals surface area contributed by atoms with E-state index >= 15 is 0 Å². The summed E-state index contributed by atoms with van der Waals surface area (Å²) >= 11 is 5.12. The minimum Gasteiger partial charge on any atom is -0.322 e. The van der Waals surface area contributed by atoms with Gasteiger partial charge in [-0.25, -0.2) is 4.98 Å². The van der Waals surface area contributed by atoms with Crippen molar-refractivity contribution in [2.24, 2.45) is 0 Å². The lowest BCUT2D eigenvalue weighted by molar-refractivity contribution is 0.102. The van der Waals surface area contributed by atoms with Crippen LogP contribution in [0.4, 0.5) is 5.69 Å². The molecule has 4 aromatic rings. The van der Waals surface area contributed by atoms with Gasteiger partial charge in [0.2, 0.25) is 0 Å². The number of thioether (sulfide) groups is 1. The molecule has 2 heterocycles. The summed E-state index contributed by atoms with van der Waals surface area (Å²) in [6.45, 7) is 0. The third kappa shape index (κ3) is 4.42. The molecule has 0 radical (unpaired) electrons. The van der Waals surface area contributed by atoms with Crippen molar-refractivity contribution in [3.8, 4) is 6.07 Å². The van der Waals surface area contributed by atoms with Crippen molar-refractivity contribution >= 4 is 56.2 Å². The molecular weight excluding hydrogens is 406 g/mol. The van der Waals surface area contributed by atoms with E-state index < -0.39 is 0 Å². The number of carbonyl (C=O) groups excluding carboxylic acids is 1. The lowest BCUT2D eigenvalue weighted by Crippen LogP contribution is -2.11. The van der Waals surface area contributed by atoms with Crippen molar-refractivity contribution in [1.82, 2.24) is 4.98 Å². The zero-order chi connectivity index (χ0) is 19.3. The zero-order valence-electron chi connectivity index (χ0n) is 14.7. The summed E-state index contributed by atoms with van der Waals surface area (Å²) in [7, 11) is 0. The van der Waals surface area contributed by atoms with E-state index in [2.05, 4.69) is 33.2 Å². The number of nitrogens with one attached hydrogen (secondary N) is 1. The molecule has 0 aliphatic rings. The first-order valence-corrected chi connectivity index (χ1v) is 11.3. The molecule has 28 heavy (non-hydrogen) atoms. The fourth-order valence-electron chi connectivity index (χ4n) is 2.67. The predicted molar refractivity (Wildman–Crippen MR) is 117 cm³/mol. The highest BCUT2D eigenvalue weighted by Crippen LogP contribution is 2.31. The Kier molecular flexibility index (Phi) is 5.72. The molecule has 0 spiro atoms. The minimum absolute atomic E-state index is 0.230. The minimum atomic E-state index is -0.230. The second-order valence-electron chi connectivity index (χ2n) is 6.04. The zero-order valence-corrected chi connectivity index (χ0v) is 17.2. The summed E-state index contributed by atoms with van der Waals surface area (Å²) in [5, 5.41) is 16.2. The van der Waals surface area contributed by atoms with Gasteiger partial charge in [0.15, 0.2) is 4.34 Å². The van der Waals surface area contributed by atoms with E-state index in [1.165, 1.54) is 5.56 Å². The van der Waals surface area contributed by atoms with Crippen molar-refractivity contribution in [2.45, 2.75) is 10.8 Å². The number of anilines is 1. The van der Waals surface area contributed by atoms with Crippen molar-refractivity contribution in [2.75, 3.05) is 11.1 Å². The molecule has 2 aromatic carbocycles. The number of aryl methyl sites for hydroxylation is 1. The maximum absolute atomic E-state index is 12.4. The summed E-state index contributed by atoms with van der Waals surface area (Å²) in [5.41, 5.74) is 3.96. The van der Waals surface area contributed by atoms with Crippen LogP contribution in [-0.4, -0.2) is 16.6 Å². The van der Waals surface area contributed by atoms with Gasteiger partial charge in [-0.15, -0.1) is 11.3 Å². The van der Waals surface area contributed by atoms with Crippen LogP contribution in [-0.2, 0) is 6.42 Å². The normalized spacial score (nSPS) is 10.7. The molecule has 7 heteroatoms. The number of hydrogen-bond acceptors (Lipinski definition) is 6. The average Bonchev–Trinajstić information content (AvgIpc) is 3.37. The number of nitriles is 1. The molecule has 0 aliphatic carbocycles. The maximum Gasteiger partial charge on any atom is 0.255 e.